The molecule has 0 aliphatic carbocycles. The van der Waals surface area contributed by atoms with E-state index < -0.39 is 0 Å². The van der Waals surface area contributed by atoms with Crippen molar-refractivity contribution in [2.45, 2.75) is 25.5 Å². The Kier molecular flexibility index (Phi) is 2.84. The highest BCUT2D eigenvalue weighted by molar-refractivity contribution is 6.29. The van der Waals surface area contributed by atoms with Gasteiger partial charge in [0.2, 0.25) is 0 Å². The van der Waals surface area contributed by atoms with Crippen molar-refractivity contribution in [3.63, 3.8) is 0 Å². The number of ether oxygens (including phenoxy) is 1. The fourth-order valence-electron chi connectivity index (χ4n) is 1.50. The van der Waals surface area contributed by atoms with E-state index in [9.17, 15) is 0 Å². The normalized spacial score (nSPS) is 26.4. The maximum absolute atomic E-state index is 5.63. The zero-order chi connectivity index (χ0) is 9.97. The van der Waals surface area contributed by atoms with Crippen LogP contribution in [0, 0.1) is 0 Å². The number of aromatic nitrogens is 2. The summed E-state index contributed by atoms with van der Waals surface area (Å²) in [6.45, 7) is 2.86. The lowest BCUT2D eigenvalue weighted by Gasteiger charge is -2.15. The first-order valence-corrected chi connectivity index (χ1v) is 5.01. The molecule has 0 spiro atoms. The van der Waals surface area contributed by atoms with Crippen LogP contribution < -0.4 is 5.32 Å². The van der Waals surface area contributed by atoms with Crippen LogP contribution in [0.25, 0.3) is 0 Å². The third kappa shape index (κ3) is 2.13. The molecule has 1 fully saturated rings. The molecule has 0 bridgehead atoms. The summed E-state index contributed by atoms with van der Waals surface area (Å²) in [5.41, 5.74) is 0. The van der Waals surface area contributed by atoms with Crippen LogP contribution in [0.15, 0.2) is 12.1 Å². The molecule has 1 saturated heterocycles. The third-order valence-electron chi connectivity index (χ3n) is 2.34. The van der Waals surface area contributed by atoms with E-state index in [-0.39, 0.29) is 6.10 Å². The van der Waals surface area contributed by atoms with Crippen molar-refractivity contribution in [1.82, 2.24) is 10.2 Å². The Morgan fingerprint density at radius 1 is 1.50 bits per heavy atom. The van der Waals surface area contributed by atoms with E-state index in [0.29, 0.717) is 11.2 Å². The van der Waals surface area contributed by atoms with Gasteiger partial charge in [0, 0.05) is 6.61 Å². The van der Waals surface area contributed by atoms with Gasteiger partial charge >= 0.3 is 0 Å². The number of hydrogen-bond acceptors (Lipinski definition) is 4. The van der Waals surface area contributed by atoms with Gasteiger partial charge in [0.05, 0.1) is 12.1 Å². The van der Waals surface area contributed by atoms with E-state index in [0.717, 1.165) is 18.8 Å². The minimum atomic E-state index is 0.229. The summed E-state index contributed by atoms with van der Waals surface area (Å²) in [6.07, 6.45) is 1.23. The third-order valence-corrected chi connectivity index (χ3v) is 2.54. The fourth-order valence-corrected chi connectivity index (χ4v) is 1.61. The van der Waals surface area contributed by atoms with Crippen molar-refractivity contribution >= 4 is 17.4 Å². The molecule has 2 heterocycles. The molecule has 2 unspecified atom stereocenters. The van der Waals surface area contributed by atoms with E-state index in [1.54, 1.807) is 6.07 Å². The number of nitrogens with zero attached hydrogens (tertiary/aromatic N) is 2. The summed E-state index contributed by atoms with van der Waals surface area (Å²) in [5.74, 6) is 0.747. The smallest absolute Gasteiger partial charge is 0.151 e. The fraction of sp³-hybridized carbons (Fsp3) is 0.556. The molecule has 4 nitrogen and oxygen atoms in total. The second-order valence-corrected chi connectivity index (χ2v) is 3.74. The molecule has 1 N–H and O–H groups in total. The lowest BCUT2D eigenvalue weighted by molar-refractivity contribution is 0.121. The van der Waals surface area contributed by atoms with Crippen LogP contribution in [0.4, 0.5) is 5.82 Å². The van der Waals surface area contributed by atoms with Crippen LogP contribution in [0.3, 0.4) is 0 Å². The van der Waals surface area contributed by atoms with E-state index in [1.807, 2.05) is 13.0 Å². The van der Waals surface area contributed by atoms with Crippen molar-refractivity contribution in [2.24, 2.45) is 0 Å². The van der Waals surface area contributed by atoms with Crippen molar-refractivity contribution in [3.8, 4) is 0 Å². The summed E-state index contributed by atoms with van der Waals surface area (Å²) in [5, 5.41) is 11.4. The lowest BCUT2D eigenvalue weighted by atomic mass is 10.1. The Balaban J connectivity index is 2.00. The molecular weight excluding hydrogens is 202 g/mol. The highest BCUT2D eigenvalue weighted by Gasteiger charge is 2.24. The van der Waals surface area contributed by atoms with Gasteiger partial charge in [-0.1, -0.05) is 11.6 Å². The summed E-state index contributed by atoms with van der Waals surface area (Å²) >= 11 is 5.63. The highest BCUT2D eigenvalue weighted by atomic mass is 35.5. The molecule has 2 rings (SSSR count). The van der Waals surface area contributed by atoms with E-state index >= 15 is 0 Å². The molecule has 1 aromatic rings. The first kappa shape index (κ1) is 9.68. The summed E-state index contributed by atoms with van der Waals surface area (Å²) in [4.78, 5) is 0. The van der Waals surface area contributed by atoms with Crippen LogP contribution in [0.5, 0.6) is 0 Å². The monoisotopic (exact) mass is 213 g/mol. The summed E-state index contributed by atoms with van der Waals surface area (Å²) in [7, 11) is 0. The van der Waals surface area contributed by atoms with Crippen molar-refractivity contribution < 1.29 is 4.74 Å². The number of hydrogen-bond donors (Lipinski definition) is 1. The highest BCUT2D eigenvalue weighted by Crippen LogP contribution is 2.17. The van der Waals surface area contributed by atoms with Gasteiger partial charge in [0.15, 0.2) is 5.15 Å². The Bertz CT molecular complexity index is 303. The molecule has 0 aromatic carbocycles. The molecule has 1 aliphatic rings. The minimum absolute atomic E-state index is 0.229. The van der Waals surface area contributed by atoms with Gasteiger partial charge in [0.1, 0.15) is 5.82 Å². The quantitative estimate of drug-likeness (QED) is 0.813. The molecule has 0 amide bonds. The number of anilines is 1. The van der Waals surface area contributed by atoms with Crippen molar-refractivity contribution in [1.29, 1.82) is 0 Å². The second kappa shape index (κ2) is 4.11. The second-order valence-electron chi connectivity index (χ2n) is 3.36. The van der Waals surface area contributed by atoms with E-state index in [4.69, 9.17) is 16.3 Å². The molecule has 0 radical (unpaired) electrons. The molecule has 0 saturated carbocycles. The minimum Gasteiger partial charge on any atom is -0.376 e. The first-order chi connectivity index (χ1) is 6.75. The average molecular weight is 214 g/mol. The van der Waals surface area contributed by atoms with Crippen LogP contribution >= 0.6 is 11.6 Å². The molecular formula is C9H12ClN3O. The van der Waals surface area contributed by atoms with Crippen molar-refractivity contribution in [3.05, 3.63) is 17.3 Å². The standard InChI is InChI=1S/C9H12ClN3O/c1-6-7(4-5-14-6)11-9-3-2-8(10)12-13-9/h2-3,6-7H,4-5H2,1H3,(H,11,13). The largest absolute Gasteiger partial charge is 0.376 e. The van der Waals surface area contributed by atoms with Gasteiger partial charge in [-0.3, -0.25) is 0 Å². The van der Waals surface area contributed by atoms with Crippen LogP contribution in [0.1, 0.15) is 13.3 Å². The molecule has 2 atom stereocenters. The Morgan fingerprint density at radius 3 is 2.93 bits per heavy atom. The number of nitrogens with one attached hydrogen (secondary N) is 1. The summed E-state index contributed by atoms with van der Waals surface area (Å²) in [6, 6.07) is 3.86. The average Bonchev–Trinajstić information content (AvgIpc) is 2.56. The lowest BCUT2D eigenvalue weighted by Crippen LogP contribution is -2.27. The van der Waals surface area contributed by atoms with Gasteiger partial charge in [-0.05, 0) is 25.5 Å². The Hall–Kier alpha value is -0.870. The van der Waals surface area contributed by atoms with E-state index in [2.05, 4.69) is 15.5 Å². The van der Waals surface area contributed by atoms with Gasteiger partial charge in [0.25, 0.3) is 0 Å². The van der Waals surface area contributed by atoms with Crippen LogP contribution in [-0.2, 0) is 4.74 Å². The van der Waals surface area contributed by atoms with Gasteiger partial charge in [-0.2, -0.15) is 0 Å². The molecule has 1 aromatic heterocycles. The van der Waals surface area contributed by atoms with Gasteiger partial charge in [-0.15, -0.1) is 10.2 Å². The topological polar surface area (TPSA) is 47.0 Å². The first-order valence-electron chi connectivity index (χ1n) is 4.63. The predicted molar refractivity (Wildman–Crippen MR) is 54.5 cm³/mol. The zero-order valence-electron chi connectivity index (χ0n) is 7.90. The Labute approximate surface area is 87.6 Å². The van der Waals surface area contributed by atoms with Crippen LogP contribution in [0.2, 0.25) is 5.15 Å². The number of halogens is 1. The molecule has 14 heavy (non-hydrogen) atoms. The molecule has 1 aliphatic heterocycles. The summed E-state index contributed by atoms with van der Waals surface area (Å²) < 4.78 is 5.42. The predicted octanol–water partition coefficient (Wildman–Crippen LogP) is 1.72. The maximum atomic E-state index is 5.63. The van der Waals surface area contributed by atoms with Crippen LogP contribution in [-0.4, -0.2) is 29.0 Å². The van der Waals surface area contributed by atoms with Crippen molar-refractivity contribution in [2.75, 3.05) is 11.9 Å². The SMILES string of the molecule is CC1OCCC1Nc1ccc(Cl)nn1. The maximum Gasteiger partial charge on any atom is 0.151 e. The van der Waals surface area contributed by atoms with E-state index in [1.165, 1.54) is 0 Å². The zero-order valence-corrected chi connectivity index (χ0v) is 8.66. The Morgan fingerprint density at radius 2 is 2.36 bits per heavy atom. The molecule has 5 heteroatoms. The number of rotatable bonds is 2. The van der Waals surface area contributed by atoms with Gasteiger partial charge < -0.3 is 10.1 Å². The molecule has 76 valence electrons. The van der Waals surface area contributed by atoms with Gasteiger partial charge in [-0.25, -0.2) is 0 Å².